The summed E-state index contributed by atoms with van der Waals surface area (Å²) in [5.41, 5.74) is 1.84. The van der Waals surface area contributed by atoms with E-state index < -0.39 is 18.2 Å². The lowest BCUT2D eigenvalue weighted by atomic mass is 10.0. The monoisotopic (exact) mass is 346 g/mol. The van der Waals surface area contributed by atoms with Crippen LogP contribution in [0.25, 0.3) is 0 Å². The molecule has 2 heterocycles. The van der Waals surface area contributed by atoms with Gasteiger partial charge < -0.3 is 20.1 Å². The van der Waals surface area contributed by atoms with Gasteiger partial charge in [-0.05, 0) is 50.3 Å². The normalized spacial score (nSPS) is 22.8. The molecule has 3 rings (SSSR count). The lowest BCUT2D eigenvalue weighted by Gasteiger charge is -2.19. The number of carboxylic acids is 1. The summed E-state index contributed by atoms with van der Waals surface area (Å²) in [6.45, 7) is 3.33. The topological polar surface area (TPSA) is 95.9 Å². The summed E-state index contributed by atoms with van der Waals surface area (Å²) >= 11 is 0. The number of carbonyl (C=O) groups is 3. The Morgan fingerprint density at radius 1 is 1.16 bits per heavy atom. The first-order chi connectivity index (χ1) is 12.0. The van der Waals surface area contributed by atoms with Crippen molar-refractivity contribution in [3.05, 3.63) is 29.3 Å². The van der Waals surface area contributed by atoms with Crippen molar-refractivity contribution in [1.29, 1.82) is 0 Å². The first-order valence-electron chi connectivity index (χ1n) is 8.55. The number of likely N-dealkylation sites (tertiary alicyclic amines) is 1. The molecule has 1 aromatic rings. The minimum atomic E-state index is -1.05. The number of hydrogen-bond acceptors (Lipinski definition) is 4. The Morgan fingerprint density at radius 3 is 2.48 bits per heavy atom. The van der Waals surface area contributed by atoms with E-state index >= 15 is 0 Å². The van der Waals surface area contributed by atoms with Gasteiger partial charge in [0.2, 0.25) is 0 Å². The van der Waals surface area contributed by atoms with Gasteiger partial charge >= 0.3 is 5.97 Å². The van der Waals surface area contributed by atoms with Gasteiger partial charge in [0.15, 0.2) is 6.10 Å². The van der Waals surface area contributed by atoms with E-state index in [1.807, 2.05) is 4.90 Å². The fourth-order valence-electron chi connectivity index (χ4n) is 3.32. The van der Waals surface area contributed by atoms with E-state index in [4.69, 9.17) is 9.84 Å². The molecular formula is C18H22N2O5. The summed E-state index contributed by atoms with van der Waals surface area (Å²) in [5, 5.41) is 11.7. The van der Waals surface area contributed by atoms with Gasteiger partial charge in [0.25, 0.3) is 11.8 Å². The fraction of sp³-hybridized carbons (Fsp3) is 0.500. The molecule has 0 spiro atoms. The van der Waals surface area contributed by atoms with Crippen LogP contribution in [0.1, 0.15) is 41.6 Å². The summed E-state index contributed by atoms with van der Waals surface area (Å²) in [6.07, 6.45) is 1.02. The van der Waals surface area contributed by atoms with Crippen molar-refractivity contribution in [2.24, 2.45) is 0 Å². The average Bonchev–Trinajstić information content (AvgIpc) is 3.28. The maximum atomic E-state index is 12.6. The number of aliphatic carboxylic acids is 1. The second-order valence-corrected chi connectivity index (χ2v) is 6.50. The molecule has 2 aliphatic heterocycles. The largest absolute Gasteiger partial charge is 0.479 e. The maximum Gasteiger partial charge on any atom is 0.332 e. The quantitative estimate of drug-likeness (QED) is 0.867. The molecule has 0 unspecified atom stereocenters. The summed E-state index contributed by atoms with van der Waals surface area (Å²) in [6, 6.07) is 5.23. The highest BCUT2D eigenvalue weighted by atomic mass is 16.5. The Bertz CT molecular complexity index is 697. The van der Waals surface area contributed by atoms with Gasteiger partial charge in [-0.1, -0.05) is 6.07 Å². The van der Waals surface area contributed by atoms with E-state index in [0.29, 0.717) is 29.7 Å². The van der Waals surface area contributed by atoms with E-state index in [2.05, 4.69) is 5.32 Å². The molecule has 0 saturated carbocycles. The smallest absolute Gasteiger partial charge is 0.332 e. The zero-order chi connectivity index (χ0) is 18.0. The standard InChI is InChI=1S/C18H22N2O5/c1-11-12(17(22)20-9-2-3-10-20)5-4-6-13(11)19-16(21)14-7-8-15(25-14)18(23)24/h4-6,14-15H,2-3,7-10H2,1H3,(H,19,21)(H,23,24)/t14-,15+/m0/s1. The van der Waals surface area contributed by atoms with Crippen LogP contribution in [0.5, 0.6) is 0 Å². The summed E-state index contributed by atoms with van der Waals surface area (Å²) in [7, 11) is 0. The molecule has 25 heavy (non-hydrogen) atoms. The Labute approximate surface area is 146 Å². The summed E-state index contributed by atoms with van der Waals surface area (Å²) in [4.78, 5) is 37.7. The van der Waals surface area contributed by atoms with Crippen LogP contribution in [0.4, 0.5) is 5.69 Å². The summed E-state index contributed by atoms with van der Waals surface area (Å²) in [5.74, 6) is -1.45. The minimum absolute atomic E-state index is 0.0193. The third-order valence-corrected chi connectivity index (χ3v) is 4.80. The second-order valence-electron chi connectivity index (χ2n) is 6.50. The van der Waals surface area contributed by atoms with Gasteiger partial charge in [-0.3, -0.25) is 9.59 Å². The van der Waals surface area contributed by atoms with Crippen LogP contribution in [-0.4, -0.2) is 53.1 Å². The maximum absolute atomic E-state index is 12.6. The molecule has 2 fully saturated rings. The van der Waals surface area contributed by atoms with Crippen molar-refractivity contribution in [2.45, 2.75) is 44.8 Å². The Morgan fingerprint density at radius 2 is 1.84 bits per heavy atom. The second kappa shape index (κ2) is 7.23. The van der Waals surface area contributed by atoms with Crippen molar-refractivity contribution < 1.29 is 24.2 Å². The molecule has 7 nitrogen and oxygen atoms in total. The number of nitrogens with zero attached hydrogens (tertiary/aromatic N) is 1. The van der Waals surface area contributed by atoms with Crippen molar-refractivity contribution in [2.75, 3.05) is 18.4 Å². The molecular weight excluding hydrogens is 324 g/mol. The number of carbonyl (C=O) groups excluding carboxylic acids is 2. The summed E-state index contributed by atoms with van der Waals surface area (Å²) < 4.78 is 5.27. The molecule has 2 aliphatic rings. The molecule has 1 aromatic carbocycles. The number of anilines is 1. The molecule has 0 radical (unpaired) electrons. The molecule has 2 saturated heterocycles. The van der Waals surface area contributed by atoms with Gasteiger partial charge in [0.1, 0.15) is 6.10 Å². The Kier molecular flexibility index (Phi) is 5.03. The SMILES string of the molecule is Cc1c(NC(=O)[C@@H]2CC[C@H](C(=O)O)O2)cccc1C(=O)N1CCCC1. The Hall–Kier alpha value is -2.41. The molecule has 2 amide bonds. The number of hydrogen-bond donors (Lipinski definition) is 2. The molecule has 2 N–H and O–H groups in total. The first kappa shape index (κ1) is 17.4. The van der Waals surface area contributed by atoms with Crippen molar-refractivity contribution in [3.8, 4) is 0 Å². The van der Waals surface area contributed by atoms with Crippen LogP contribution < -0.4 is 5.32 Å². The molecule has 0 aromatic heterocycles. The lowest BCUT2D eigenvalue weighted by molar-refractivity contribution is -0.150. The van der Waals surface area contributed by atoms with Crippen LogP contribution in [0.3, 0.4) is 0 Å². The van der Waals surface area contributed by atoms with Gasteiger partial charge in [-0.15, -0.1) is 0 Å². The van der Waals surface area contributed by atoms with Crippen molar-refractivity contribution in [1.82, 2.24) is 4.90 Å². The van der Waals surface area contributed by atoms with Gasteiger partial charge in [0, 0.05) is 24.3 Å². The number of nitrogens with one attached hydrogen (secondary N) is 1. The zero-order valence-electron chi connectivity index (χ0n) is 14.2. The van der Waals surface area contributed by atoms with Crippen LogP contribution in [0, 0.1) is 6.92 Å². The van der Waals surface area contributed by atoms with Crippen LogP contribution in [-0.2, 0) is 14.3 Å². The van der Waals surface area contributed by atoms with E-state index in [9.17, 15) is 14.4 Å². The van der Waals surface area contributed by atoms with Crippen LogP contribution in [0.2, 0.25) is 0 Å². The van der Waals surface area contributed by atoms with Crippen molar-refractivity contribution >= 4 is 23.5 Å². The highest BCUT2D eigenvalue weighted by molar-refractivity contribution is 6.00. The van der Waals surface area contributed by atoms with E-state index in [0.717, 1.165) is 25.9 Å². The highest BCUT2D eigenvalue weighted by Gasteiger charge is 2.35. The van der Waals surface area contributed by atoms with Crippen molar-refractivity contribution in [3.63, 3.8) is 0 Å². The average molecular weight is 346 g/mol. The van der Waals surface area contributed by atoms with Gasteiger partial charge in [0.05, 0.1) is 0 Å². The number of benzene rings is 1. The van der Waals surface area contributed by atoms with Crippen LogP contribution in [0.15, 0.2) is 18.2 Å². The van der Waals surface area contributed by atoms with E-state index in [-0.39, 0.29) is 11.8 Å². The third kappa shape index (κ3) is 3.66. The third-order valence-electron chi connectivity index (χ3n) is 4.80. The minimum Gasteiger partial charge on any atom is -0.479 e. The fourth-order valence-corrected chi connectivity index (χ4v) is 3.32. The molecule has 2 atom stereocenters. The van der Waals surface area contributed by atoms with Crippen LogP contribution >= 0.6 is 0 Å². The first-order valence-corrected chi connectivity index (χ1v) is 8.55. The Balaban J connectivity index is 1.70. The number of carboxylic acid groups (broad SMARTS) is 1. The number of amides is 2. The molecule has 0 aliphatic carbocycles. The number of ether oxygens (including phenoxy) is 1. The van der Waals surface area contributed by atoms with Gasteiger partial charge in [-0.25, -0.2) is 4.79 Å². The lowest BCUT2D eigenvalue weighted by Crippen LogP contribution is -2.31. The highest BCUT2D eigenvalue weighted by Crippen LogP contribution is 2.25. The zero-order valence-corrected chi connectivity index (χ0v) is 14.2. The number of rotatable bonds is 4. The van der Waals surface area contributed by atoms with E-state index in [1.54, 1.807) is 25.1 Å². The van der Waals surface area contributed by atoms with E-state index in [1.165, 1.54) is 0 Å². The van der Waals surface area contributed by atoms with Gasteiger partial charge in [-0.2, -0.15) is 0 Å². The predicted octanol–water partition coefficient (Wildman–Crippen LogP) is 1.80. The molecule has 0 bridgehead atoms. The predicted molar refractivity (Wildman–Crippen MR) is 90.5 cm³/mol. The molecule has 134 valence electrons. The molecule has 7 heteroatoms.